The van der Waals surface area contributed by atoms with Crippen LogP contribution in [0.2, 0.25) is 0 Å². The number of hydrogen-bond donors (Lipinski definition) is 2. The van der Waals surface area contributed by atoms with Gasteiger partial charge in [0.25, 0.3) is 0 Å². The maximum Gasteiger partial charge on any atom is 0.228 e. The topological polar surface area (TPSA) is 81.8 Å². The number of anilines is 1. The first kappa shape index (κ1) is 28.8. The number of likely N-dealkylation sites (tertiary alicyclic amines) is 1. The third-order valence-corrected chi connectivity index (χ3v) is 9.20. The molecule has 1 saturated heterocycles. The van der Waals surface area contributed by atoms with Gasteiger partial charge >= 0.3 is 0 Å². The zero-order chi connectivity index (χ0) is 28.2. The smallest absolute Gasteiger partial charge is 0.228 e. The van der Waals surface area contributed by atoms with Crippen molar-refractivity contribution in [1.82, 2.24) is 14.9 Å². The molecule has 5 rings (SSSR count). The Kier molecular flexibility index (Phi) is 8.92. The molecular formula is C31H41FN4O3S. The van der Waals surface area contributed by atoms with Crippen LogP contribution in [0.3, 0.4) is 0 Å². The number of amides is 1. The van der Waals surface area contributed by atoms with Crippen molar-refractivity contribution in [3.8, 4) is 0 Å². The van der Waals surface area contributed by atoms with E-state index < -0.39 is 15.6 Å². The molecule has 2 N–H and O–H groups in total. The summed E-state index contributed by atoms with van der Waals surface area (Å²) in [5.41, 5.74) is 3.26. The molecule has 1 amide bonds. The van der Waals surface area contributed by atoms with Crippen molar-refractivity contribution in [2.24, 2.45) is 0 Å². The molecule has 216 valence electrons. The van der Waals surface area contributed by atoms with Crippen molar-refractivity contribution in [2.45, 2.75) is 82.5 Å². The van der Waals surface area contributed by atoms with Crippen LogP contribution in [0.4, 0.5) is 10.1 Å². The molecule has 2 aromatic rings. The molecule has 2 aromatic carbocycles. The van der Waals surface area contributed by atoms with Crippen LogP contribution in [0.15, 0.2) is 60.3 Å². The largest absolute Gasteiger partial charge is 0.384 e. The summed E-state index contributed by atoms with van der Waals surface area (Å²) in [7, 11) is -3.26. The molecule has 7 nitrogen and oxygen atoms in total. The molecule has 0 radical (unpaired) electrons. The summed E-state index contributed by atoms with van der Waals surface area (Å²) < 4.78 is 40.0. The summed E-state index contributed by atoms with van der Waals surface area (Å²) in [5.74, 6) is -0.292. The van der Waals surface area contributed by atoms with Crippen molar-refractivity contribution >= 4 is 21.6 Å². The molecule has 2 heterocycles. The molecule has 40 heavy (non-hydrogen) atoms. The third kappa shape index (κ3) is 6.93. The summed E-state index contributed by atoms with van der Waals surface area (Å²) in [5, 5.41) is 3.89. The molecule has 0 unspecified atom stereocenters. The maximum absolute atomic E-state index is 14.4. The van der Waals surface area contributed by atoms with E-state index in [1.54, 1.807) is 6.07 Å². The fourth-order valence-corrected chi connectivity index (χ4v) is 6.98. The number of allylic oxidation sites excluding steroid dienone is 1. The van der Waals surface area contributed by atoms with E-state index >= 15 is 0 Å². The highest BCUT2D eigenvalue weighted by Gasteiger charge is 2.47. The van der Waals surface area contributed by atoms with Crippen LogP contribution < -0.4 is 14.9 Å². The predicted octanol–water partition coefficient (Wildman–Crippen LogP) is 4.84. The normalized spacial score (nSPS) is 20.8. The van der Waals surface area contributed by atoms with E-state index in [1.165, 1.54) is 31.4 Å². The second-order valence-electron chi connectivity index (χ2n) is 11.6. The van der Waals surface area contributed by atoms with E-state index in [0.29, 0.717) is 24.6 Å². The summed E-state index contributed by atoms with van der Waals surface area (Å²) in [6, 6.07) is 14.9. The lowest BCUT2D eigenvalue weighted by molar-refractivity contribution is -0.119. The van der Waals surface area contributed by atoms with Crippen LogP contribution in [0.1, 0.15) is 68.9 Å². The average molecular weight is 569 g/mol. The predicted molar refractivity (Wildman–Crippen MR) is 157 cm³/mol. The highest BCUT2D eigenvalue weighted by atomic mass is 32.2. The van der Waals surface area contributed by atoms with Gasteiger partial charge in [-0.1, -0.05) is 55.7 Å². The summed E-state index contributed by atoms with van der Waals surface area (Å²) >= 11 is 0. The Bertz CT molecular complexity index is 1330. The van der Waals surface area contributed by atoms with E-state index in [2.05, 4.69) is 27.1 Å². The zero-order valence-corrected chi connectivity index (χ0v) is 24.2. The van der Waals surface area contributed by atoms with Gasteiger partial charge in [0.05, 0.1) is 11.8 Å². The number of hydrogen-bond acceptors (Lipinski definition) is 5. The summed E-state index contributed by atoms with van der Waals surface area (Å²) in [6.45, 7) is 2.58. The van der Waals surface area contributed by atoms with E-state index in [1.807, 2.05) is 29.2 Å². The Balaban J connectivity index is 1.38. The van der Waals surface area contributed by atoms with Crippen LogP contribution in [-0.2, 0) is 27.9 Å². The fourth-order valence-electron chi connectivity index (χ4n) is 6.55. The van der Waals surface area contributed by atoms with Crippen LogP contribution >= 0.6 is 0 Å². The molecule has 0 bridgehead atoms. The van der Waals surface area contributed by atoms with Gasteiger partial charge < -0.3 is 10.2 Å². The molecule has 0 atom stereocenters. The van der Waals surface area contributed by atoms with E-state index in [0.717, 1.165) is 68.4 Å². The zero-order valence-electron chi connectivity index (χ0n) is 23.4. The molecule has 3 aliphatic rings. The SMILES string of the molecule is CS(=O)(=O)NCc1cccc(CN2CCC3(CC2)C(NC2CCCCC2)=CCCC(=O)N3c2cccc(F)c2)c1. The molecular weight excluding hydrogens is 527 g/mol. The second kappa shape index (κ2) is 12.4. The Hall–Kier alpha value is -2.75. The number of carbonyl (C=O) groups is 1. The first-order chi connectivity index (χ1) is 19.2. The number of nitrogens with one attached hydrogen (secondary N) is 2. The van der Waals surface area contributed by atoms with Gasteiger partial charge in [-0.05, 0) is 61.4 Å². The summed E-state index contributed by atoms with van der Waals surface area (Å²) in [6.07, 6.45) is 12.0. The number of sulfonamides is 1. The number of nitrogens with zero attached hydrogens (tertiary/aromatic N) is 2. The Morgan fingerprint density at radius 3 is 2.45 bits per heavy atom. The quantitative estimate of drug-likeness (QED) is 0.476. The highest BCUT2D eigenvalue weighted by Crippen LogP contribution is 2.41. The van der Waals surface area contributed by atoms with Crippen molar-refractivity contribution in [3.63, 3.8) is 0 Å². The van der Waals surface area contributed by atoms with E-state index in [-0.39, 0.29) is 18.3 Å². The molecule has 1 spiro atoms. The minimum Gasteiger partial charge on any atom is -0.384 e. The Morgan fingerprint density at radius 1 is 1.00 bits per heavy atom. The van der Waals surface area contributed by atoms with E-state index in [4.69, 9.17) is 0 Å². The maximum atomic E-state index is 14.4. The minimum absolute atomic E-state index is 0.0434. The lowest BCUT2D eigenvalue weighted by Crippen LogP contribution is -2.61. The monoisotopic (exact) mass is 568 g/mol. The van der Waals surface area contributed by atoms with Crippen LogP contribution in [0.25, 0.3) is 0 Å². The fraction of sp³-hybridized carbons (Fsp3) is 0.516. The van der Waals surface area contributed by atoms with Crippen LogP contribution in [0, 0.1) is 5.82 Å². The lowest BCUT2D eigenvalue weighted by Gasteiger charge is -2.50. The second-order valence-corrected chi connectivity index (χ2v) is 13.4. The first-order valence-corrected chi connectivity index (χ1v) is 16.4. The van der Waals surface area contributed by atoms with Gasteiger partial charge in [-0.15, -0.1) is 0 Å². The van der Waals surface area contributed by atoms with Crippen molar-refractivity contribution in [2.75, 3.05) is 24.2 Å². The Labute approximate surface area is 237 Å². The molecule has 2 aliphatic heterocycles. The first-order valence-electron chi connectivity index (χ1n) is 14.5. The molecule has 0 aromatic heterocycles. The van der Waals surface area contributed by atoms with Crippen molar-refractivity contribution < 1.29 is 17.6 Å². The van der Waals surface area contributed by atoms with Crippen LogP contribution in [-0.4, -0.2) is 50.2 Å². The van der Waals surface area contributed by atoms with Crippen molar-refractivity contribution in [1.29, 1.82) is 0 Å². The summed E-state index contributed by atoms with van der Waals surface area (Å²) in [4.78, 5) is 18.0. The van der Waals surface area contributed by atoms with Gasteiger partial charge in [-0.3, -0.25) is 9.69 Å². The minimum atomic E-state index is -3.26. The molecule has 1 aliphatic carbocycles. The number of benzene rings is 2. The van der Waals surface area contributed by atoms with Gasteiger partial charge in [-0.25, -0.2) is 17.5 Å². The Morgan fingerprint density at radius 2 is 1.73 bits per heavy atom. The average Bonchev–Trinajstić information content (AvgIpc) is 3.05. The van der Waals surface area contributed by atoms with E-state index in [9.17, 15) is 17.6 Å². The van der Waals surface area contributed by atoms with Gasteiger partial charge in [0, 0.05) is 50.0 Å². The number of piperidine rings is 1. The lowest BCUT2D eigenvalue weighted by atomic mass is 9.80. The van der Waals surface area contributed by atoms with Crippen LogP contribution in [0.5, 0.6) is 0 Å². The third-order valence-electron chi connectivity index (χ3n) is 8.54. The van der Waals surface area contributed by atoms with Gasteiger partial charge in [0.1, 0.15) is 5.82 Å². The molecule has 2 fully saturated rings. The van der Waals surface area contributed by atoms with Gasteiger partial charge in [0.2, 0.25) is 15.9 Å². The van der Waals surface area contributed by atoms with Crippen molar-refractivity contribution in [3.05, 3.63) is 77.2 Å². The highest BCUT2D eigenvalue weighted by molar-refractivity contribution is 7.88. The molecule has 1 saturated carbocycles. The standard InChI is InChI=1S/C31H41FN4O3S/c1-40(38,39)33-22-24-8-5-9-25(20-24)23-35-18-16-31(17-19-35)29(34-27-11-3-2-4-12-27)14-7-15-30(37)36(31)28-13-6-10-26(32)21-28/h5-6,8-10,13-14,20-21,27,33-34H,2-4,7,11-12,15-19,22-23H2,1H3. The van der Waals surface area contributed by atoms with Gasteiger partial charge in [-0.2, -0.15) is 0 Å². The molecule has 9 heteroatoms. The van der Waals surface area contributed by atoms with Gasteiger partial charge in [0.15, 0.2) is 0 Å². The number of rotatable bonds is 8. The number of halogens is 1. The number of carbonyl (C=O) groups excluding carboxylic acids is 1.